The number of allylic oxidation sites excluding steroid dienone is 1. The molecule has 0 aliphatic carbocycles. The average Bonchev–Trinajstić information content (AvgIpc) is 2.87. The summed E-state index contributed by atoms with van der Waals surface area (Å²) in [6.45, 7) is 6.15. The molecule has 94 valence electrons. The third-order valence-corrected chi connectivity index (χ3v) is 3.65. The van der Waals surface area contributed by atoms with Gasteiger partial charge in [0.25, 0.3) is 0 Å². The molecule has 0 N–H and O–H groups in total. The first-order chi connectivity index (χ1) is 9.31. The van der Waals surface area contributed by atoms with E-state index < -0.39 is 0 Å². The van der Waals surface area contributed by atoms with Gasteiger partial charge < -0.3 is 4.57 Å². The number of aromatic nitrogens is 1. The Morgan fingerprint density at radius 1 is 1.00 bits per heavy atom. The topological polar surface area (TPSA) is 4.93 Å². The Labute approximate surface area is 113 Å². The number of aryl methyl sites for hydroxylation is 1. The zero-order valence-corrected chi connectivity index (χ0v) is 11.1. The summed E-state index contributed by atoms with van der Waals surface area (Å²) in [5.41, 5.74) is 3.83. The Bertz CT molecular complexity index is 707. The van der Waals surface area contributed by atoms with Crippen molar-refractivity contribution in [2.75, 3.05) is 0 Å². The van der Waals surface area contributed by atoms with Gasteiger partial charge in [-0.1, -0.05) is 48.5 Å². The summed E-state index contributed by atoms with van der Waals surface area (Å²) in [7, 11) is 0. The number of rotatable bonds is 3. The Morgan fingerprint density at radius 3 is 2.53 bits per heavy atom. The van der Waals surface area contributed by atoms with Gasteiger partial charge in [0, 0.05) is 17.1 Å². The second-order valence-corrected chi connectivity index (χ2v) is 4.82. The van der Waals surface area contributed by atoms with E-state index >= 15 is 0 Å². The minimum atomic E-state index is 0.181. The first-order valence-corrected chi connectivity index (χ1v) is 6.55. The Balaban J connectivity index is 2.18. The molecule has 1 heterocycles. The SMILES string of the molecule is C=C[C@@H](c1ccccc1)n1ccc2c(C)cccc21. The van der Waals surface area contributed by atoms with Crippen molar-refractivity contribution in [2.45, 2.75) is 13.0 Å². The van der Waals surface area contributed by atoms with Crippen LogP contribution >= 0.6 is 0 Å². The Hall–Kier alpha value is -2.28. The van der Waals surface area contributed by atoms with E-state index in [0.29, 0.717) is 0 Å². The predicted octanol–water partition coefficient (Wildman–Crippen LogP) is 4.73. The van der Waals surface area contributed by atoms with Crippen molar-refractivity contribution in [3.63, 3.8) is 0 Å². The second kappa shape index (κ2) is 4.77. The van der Waals surface area contributed by atoms with Crippen LogP contribution in [0.5, 0.6) is 0 Å². The fourth-order valence-electron chi connectivity index (χ4n) is 2.65. The van der Waals surface area contributed by atoms with Crippen LogP contribution in [0.15, 0.2) is 73.4 Å². The third-order valence-electron chi connectivity index (χ3n) is 3.65. The van der Waals surface area contributed by atoms with E-state index in [-0.39, 0.29) is 6.04 Å². The van der Waals surface area contributed by atoms with Gasteiger partial charge in [0.2, 0.25) is 0 Å². The maximum absolute atomic E-state index is 4.00. The molecule has 1 nitrogen and oxygen atoms in total. The van der Waals surface area contributed by atoms with Gasteiger partial charge in [0.1, 0.15) is 0 Å². The molecule has 0 aliphatic heterocycles. The fourth-order valence-corrected chi connectivity index (χ4v) is 2.65. The van der Waals surface area contributed by atoms with Crippen molar-refractivity contribution in [1.82, 2.24) is 4.57 Å². The Morgan fingerprint density at radius 2 is 1.79 bits per heavy atom. The summed E-state index contributed by atoms with van der Waals surface area (Å²) in [5.74, 6) is 0. The predicted molar refractivity (Wildman–Crippen MR) is 81.5 cm³/mol. The summed E-state index contributed by atoms with van der Waals surface area (Å²) >= 11 is 0. The monoisotopic (exact) mass is 247 g/mol. The smallest absolute Gasteiger partial charge is 0.0767 e. The van der Waals surface area contributed by atoms with Gasteiger partial charge in [-0.25, -0.2) is 0 Å². The molecule has 0 saturated heterocycles. The van der Waals surface area contributed by atoms with E-state index in [1.807, 2.05) is 12.1 Å². The molecule has 0 fully saturated rings. The van der Waals surface area contributed by atoms with Crippen molar-refractivity contribution in [3.05, 3.63) is 84.6 Å². The van der Waals surface area contributed by atoms with Crippen LogP contribution in [0.1, 0.15) is 17.2 Å². The standard InChI is InChI=1S/C18H17N/c1-3-17(15-9-5-4-6-10-15)19-13-12-16-14(2)8-7-11-18(16)19/h3-13,17H,1H2,2H3/t17-/m0/s1. The van der Waals surface area contributed by atoms with Crippen LogP contribution in [0, 0.1) is 6.92 Å². The van der Waals surface area contributed by atoms with Crippen LogP contribution in [0.2, 0.25) is 0 Å². The molecule has 0 unspecified atom stereocenters. The lowest BCUT2D eigenvalue weighted by Gasteiger charge is -2.17. The largest absolute Gasteiger partial charge is 0.336 e. The fraction of sp³-hybridized carbons (Fsp3) is 0.111. The molecule has 1 aromatic heterocycles. The molecule has 3 aromatic rings. The van der Waals surface area contributed by atoms with Gasteiger partial charge in [0.05, 0.1) is 6.04 Å². The molecule has 0 spiro atoms. The minimum absolute atomic E-state index is 0.181. The van der Waals surface area contributed by atoms with Crippen molar-refractivity contribution in [2.24, 2.45) is 0 Å². The molecule has 19 heavy (non-hydrogen) atoms. The molecule has 0 radical (unpaired) electrons. The van der Waals surface area contributed by atoms with Gasteiger partial charge in [0.15, 0.2) is 0 Å². The summed E-state index contributed by atoms with van der Waals surface area (Å²) in [6, 6.07) is 19.3. The molecule has 0 saturated carbocycles. The third kappa shape index (κ3) is 1.97. The first-order valence-electron chi connectivity index (χ1n) is 6.55. The van der Waals surface area contributed by atoms with Crippen LogP contribution in [0.3, 0.4) is 0 Å². The van der Waals surface area contributed by atoms with Gasteiger partial charge in [-0.15, -0.1) is 6.58 Å². The van der Waals surface area contributed by atoms with E-state index in [1.165, 1.54) is 22.0 Å². The van der Waals surface area contributed by atoms with Gasteiger partial charge in [-0.3, -0.25) is 0 Å². The highest BCUT2D eigenvalue weighted by molar-refractivity contribution is 5.83. The molecule has 0 bridgehead atoms. The quantitative estimate of drug-likeness (QED) is 0.590. The highest BCUT2D eigenvalue weighted by Gasteiger charge is 2.12. The van der Waals surface area contributed by atoms with Crippen molar-refractivity contribution < 1.29 is 0 Å². The summed E-state index contributed by atoms with van der Waals surface area (Å²) < 4.78 is 2.28. The lowest BCUT2D eigenvalue weighted by molar-refractivity contribution is 0.730. The number of nitrogens with zero attached hydrogens (tertiary/aromatic N) is 1. The van der Waals surface area contributed by atoms with Crippen molar-refractivity contribution in [1.29, 1.82) is 0 Å². The van der Waals surface area contributed by atoms with Crippen LogP contribution in [0.25, 0.3) is 10.9 Å². The summed E-state index contributed by atoms with van der Waals surface area (Å²) in [4.78, 5) is 0. The molecule has 2 aromatic carbocycles. The molecule has 3 rings (SSSR count). The van der Waals surface area contributed by atoms with Gasteiger partial charge in [-0.2, -0.15) is 0 Å². The Kier molecular flexibility index (Phi) is 2.96. The number of benzene rings is 2. The normalized spacial score (nSPS) is 12.5. The number of fused-ring (bicyclic) bond motifs is 1. The van der Waals surface area contributed by atoms with Crippen LogP contribution < -0.4 is 0 Å². The van der Waals surface area contributed by atoms with Gasteiger partial charge >= 0.3 is 0 Å². The summed E-state index contributed by atoms with van der Waals surface area (Å²) in [6.07, 6.45) is 4.15. The van der Waals surface area contributed by atoms with E-state index in [9.17, 15) is 0 Å². The van der Waals surface area contributed by atoms with Crippen LogP contribution in [-0.4, -0.2) is 4.57 Å². The first kappa shape index (κ1) is 11.8. The zero-order valence-electron chi connectivity index (χ0n) is 11.1. The van der Waals surface area contributed by atoms with E-state index in [4.69, 9.17) is 0 Å². The molecular weight excluding hydrogens is 230 g/mol. The minimum Gasteiger partial charge on any atom is -0.336 e. The highest BCUT2D eigenvalue weighted by atomic mass is 15.0. The maximum Gasteiger partial charge on any atom is 0.0767 e. The highest BCUT2D eigenvalue weighted by Crippen LogP contribution is 2.27. The van der Waals surface area contributed by atoms with Crippen molar-refractivity contribution in [3.8, 4) is 0 Å². The van der Waals surface area contributed by atoms with Crippen molar-refractivity contribution >= 4 is 10.9 Å². The molecule has 0 aliphatic rings. The maximum atomic E-state index is 4.00. The molecule has 1 heteroatoms. The van der Waals surface area contributed by atoms with E-state index in [1.54, 1.807) is 0 Å². The average molecular weight is 247 g/mol. The van der Waals surface area contributed by atoms with E-state index in [2.05, 4.69) is 72.8 Å². The van der Waals surface area contributed by atoms with E-state index in [0.717, 1.165) is 0 Å². The lowest BCUT2D eigenvalue weighted by Crippen LogP contribution is -2.06. The van der Waals surface area contributed by atoms with Crippen LogP contribution in [-0.2, 0) is 0 Å². The molecule has 0 amide bonds. The second-order valence-electron chi connectivity index (χ2n) is 4.82. The number of hydrogen-bond acceptors (Lipinski definition) is 0. The van der Waals surface area contributed by atoms with Gasteiger partial charge in [-0.05, 0) is 30.2 Å². The lowest BCUT2D eigenvalue weighted by atomic mass is 10.1. The zero-order chi connectivity index (χ0) is 13.2. The molecule has 1 atom stereocenters. The molecular formula is C18H17N. The number of hydrogen-bond donors (Lipinski definition) is 0. The van der Waals surface area contributed by atoms with Crippen LogP contribution in [0.4, 0.5) is 0 Å². The summed E-state index contributed by atoms with van der Waals surface area (Å²) in [5, 5.41) is 1.31.